The Morgan fingerprint density at radius 3 is 2.00 bits per heavy atom. The summed E-state index contributed by atoms with van der Waals surface area (Å²) in [6, 6.07) is 15.8. The van der Waals surface area contributed by atoms with Crippen molar-refractivity contribution in [1.82, 2.24) is 0 Å². The molecule has 2 aromatic rings. The van der Waals surface area contributed by atoms with Crippen LogP contribution in [0.2, 0.25) is 0 Å². The van der Waals surface area contributed by atoms with Gasteiger partial charge in [-0.25, -0.2) is 12.6 Å². The lowest BCUT2D eigenvalue weighted by Crippen LogP contribution is -2.03. The van der Waals surface area contributed by atoms with Gasteiger partial charge in [0.25, 0.3) is 0 Å². The van der Waals surface area contributed by atoms with Gasteiger partial charge in [-0.1, -0.05) is 36.4 Å². The summed E-state index contributed by atoms with van der Waals surface area (Å²) in [7, 11) is -3.95. The molecule has 0 aromatic heterocycles. The van der Waals surface area contributed by atoms with E-state index in [4.69, 9.17) is 0 Å². The molecular weight excluding hydrogens is 286 g/mol. The van der Waals surface area contributed by atoms with Gasteiger partial charge in [-0.3, -0.25) is 0 Å². The van der Waals surface area contributed by atoms with E-state index in [0.717, 1.165) is 0 Å². The van der Waals surface area contributed by atoms with E-state index in [2.05, 4.69) is 9.17 Å². The second-order valence-corrected chi connectivity index (χ2v) is 6.15. The summed E-state index contributed by atoms with van der Waals surface area (Å²) in [5.74, 6) is 0. The van der Waals surface area contributed by atoms with Gasteiger partial charge in [0.2, 0.25) is 0 Å². The zero-order valence-electron chi connectivity index (χ0n) is 9.67. The Kier molecular flexibility index (Phi) is 4.43. The Morgan fingerprint density at radius 1 is 0.895 bits per heavy atom. The molecular formula is C12H10NO4S2-. The molecule has 0 saturated heterocycles. The van der Waals surface area contributed by atoms with Crippen LogP contribution in [-0.2, 0) is 25.4 Å². The van der Waals surface area contributed by atoms with Crippen LogP contribution in [-0.4, -0.2) is 12.6 Å². The highest BCUT2D eigenvalue weighted by atomic mass is 32.2. The van der Waals surface area contributed by atoms with Crippen molar-refractivity contribution in [3.8, 4) is 0 Å². The van der Waals surface area contributed by atoms with E-state index >= 15 is 0 Å². The van der Waals surface area contributed by atoms with E-state index in [-0.39, 0.29) is 4.90 Å². The van der Waals surface area contributed by atoms with Gasteiger partial charge < -0.3 is 9.17 Å². The average molecular weight is 296 g/mol. The van der Waals surface area contributed by atoms with Crippen molar-refractivity contribution in [3.05, 3.63) is 65.5 Å². The SMILES string of the molecule is O=S(O[N-]S(=O)(=O)c1ccccc1)c1ccccc1. The van der Waals surface area contributed by atoms with Gasteiger partial charge in [-0.15, -0.1) is 0 Å². The maximum absolute atomic E-state index is 11.7. The minimum Gasteiger partial charge on any atom is -0.401 e. The summed E-state index contributed by atoms with van der Waals surface area (Å²) >= 11 is -1.95. The van der Waals surface area contributed by atoms with Crippen LogP contribution < -0.4 is 0 Å². The number of hydrogen-bond acceptors (Lipinski definition) is 4. The summed E-state index contributed by atoms with van der Waals surface area (Å²) in [5, 5.41) is 0. The molecule has 7 heteroatoms. The molecule has 0 heterocycles. The van der Waals surface area contributed by atoms with Crippen molar-refractivity contribution in [2.24, 2.45) is 0 Å². The molecule has 0 aliphatic rings. The topological polar surface area (TPSA) is 74.5 Å². The van der Waals surface area contributed by atoms with Crippen LogP contribution in [0.5, 0.6) is 0 Å². The normalized spacial score (nSPS) is 13.1. The van der Waals surface area contributed by atoms with Crippen LogP contribution in [0.3, 0.4) is 0 Å². The third kappa shape index (κ3) is 3.71. The first-order valence-corrected chi connectivity index (χ1v) is 7.78. The van der Waals surface area contributed by atoms with Gasteiger partial charge in [0, 0.05) is 4.90 Å². The molecule has 5 nitrogen and oxygen atoms in total. The zero-order chi connectivity index (χ0) is 13.7. The van der Waals surface area contributed by atoms with Crippen molar-refractivity contribution in [2.75, 3.05) is 0 Å². The number of sulfonamides is 1. The van der Waals surface area contributed by atoms with E-state index in [1.807, 2.05) is 0 Å². The van der Waals surface area contributed by atoms with Crippen molar-refractivity contribution in [3.63, 3.8) is 0 Å². The van der Waals surface area contributed by atoms with Gasteiger partial charge >= 0.3 is 0 Å². The summed E-state index contributed by atoms with van der Waals surface area (Å²) in [6.45, 7) is 0. The van der Waals surface area contributed by atoms with Crippen molar-refractivity contribution in [1.29, 1.82) is 0 Å². The minimum atomic E-state index is -3.95. The highest BCUT2D eigenvalue weighted by Gasteiger charge is 2.05. The smallest absolute Gasteiger partial charge is 0.172 e. The van der Waals surface area contributed by atoms with Crippen LogP contribution in [0.15, 0.2) is 70.5 Å². The number of rotatable bonds is 5. The van der Waals surface area contributed by atoms with Crippen molar-refractivity contribution < 1.29 is 16.9 Å². The lowest BCUT2D eigenvalue weighted by Gasteiger charge is -2.19. The van der Waals surface area contributed by atoms with Gasteiger partial charge in [0.1, 0.15) is 10.0 Å². The molecule has 0 radical (unpaired) electrons. The Morgan fingerprint density at radius 2 is 1.42 bits per heavy atom. The second-order valence-electron chi connectivity index (χ2n) is 3.48. The number of nitrogens with zero attached hydrogens (tertiary/aromatic N) is 1. The fourth-order valence-corrected chi connectivity index (χ4v) is 2.87. The Hall–Kier alpha value is -1.54. The molecule has 100 valence electrons. The van der Waals surface area contributed by atoms with E-state index in [1.165, 1.54) is 12.1 Å². The van der Waals surface area contributed by atoms with Crippen LogP contribution in [0.25, 0.3) is 4.89 Å². The third-order valence-corrected chi connectivity index (χ3v) is 4.27. The fraction of sp³-hybridized carbons (Fsp3) is 0. The molecule has 0 amide bonds. The van der Waals surface area contributed by atoms with Crippen LogP contribution in [0.1, 0.15) is 0 Å². The van der Waals surface area contributed by atoms with Gasteiger partial charge in [0.05, 0.1) is 4.90 Å². The second kappa shape index (κ2) is 6.07. The van der Waals surface area contributed by atoms with E-state index < -0.39 is 21.1 Å². The van der Waals surface area contributed by atoms with Crippen molar-refractivity contribution >= 4 is 21.1 Å². The molecule has 0 aliphatic carbocycles. The maximum Gasteiger partial charge on any atom is 0.172 e. The first-order valence-electron chi connectivity index (χ1n) is 5.26. The minimum absolute atomic E-state index is 0.0138. The van der Waals surface area contributed by atoms with Crippen LogP contribution in [0, 0.1) is 0 Å². The van der Waals surface area contributed by atoms with Crippen LogP contribution in [0.4, 0.5) is 0 Å². The molecule has 0 bridgehead atoms. The summed E-state index contributed by atoms with van der Waals surface area (Å²) < 4.78 is 39.7. The Bertz CT molecular complexity index is 657. The first-order chi connectivity index (χ1) is 9.09. The molecule has 0 N–H and O–H groups in total. The quantitative estimate of drug-likeness (QED) is 0.794. The first kappa shape index (κ1) is 13.9. The lowest BCUT2D eigenvalue weighted by atomic mass is 10.4. The third-order valence-electron chi connectivity index (χ3n) is 2.17. The fourth-order valence-electron chi connectivity index (χ4n) is 1.28. The molecule has 0 saturated carbocycles. The predicted octanol–water partition coefficient (Wildman–Crippen LogP) is 2.40. The molecule has 2 rings (SSSR count). The summed E-state index contributed by atoms with van der Waals surface area (Å²) in [5.41, 5.74) is 0. The number of benzene rings is 2. The summed E-state index contributed by atoms with van der Waals surface area (Å²) in [6.07, 6.45) is 0. The molecule has 0 aliphatic heterocycles. The molecule has 19 heavy (non-hydrogen) atoms. The molecule has 1 unspecified atom stereocenters. The lowest BCUT2D eigenvalue weighted by molar-refractivity contribution is 0.477. The van der Waals surface area contributed by atoms with E-state index in [1.54, 1.807) is 48.5 Å². The standard InChI is InChI=1S/C12H10NO4S2/c14-18(11-7-3-1-4-8-11)17-13-19(15,16)12-9-5-2-6-10-12/h1-10H/q-1. The van der Waals surface area contributed by atoms with Gasteiger partial charge in [-0.2, -0.15) is 0 Å². The zero-order valence-corrected chi connectivity index (χ0v) is 11.3. The Balaban J connectivity index is 2.05. The van der Waals surface area contributed by atoms with Gasteiger partial charge in [0.15, 0.2) is 11.1 Å². The highest BCUT2D eigenvalue weighted by molar-refractivity contribution is 7.94. The number of hydrogen-bond donors (Lipinski definition) is 0. The van der Waals surface area contributed by atoms with Gasteiger partial charge in [-0.05, 0) is 24.3 Å². The monoisotopic (exact) mass is 296 g/mol. The highest BCUT2D eigenvalue weighted by Crippen LogP contribution is 2.19. The molecule has 1 atom stereocenters. The summed E-state index contributed by atoms with van der Waals surface area (Å²) in [4.78, 5) is 3.40. The van der Waals surface area contributed by atoms with Crippen molar-refractivity contribution in [2.45, 2.75) is 9.79 Å². The van der Waals surface area contributed by atoms with E-state index in [0.29, 0.717) is 4.90 Å². The average Bonchev–Trinajstić information content (AvgIpc) is 2.47. The van der Waals surface area contributed by atoms with E-state index in [9.17, 15) is 12.6 Å². The Labute approximate surface area is 113 Å². The predicted molar refractivity (Wildman–Crippen MR) is 70.9 cm³/mol. The maximum atomic E-state index is 11.7. The molecule has 2 aromatic carbocycles. The molecule has 0 spiro atoms. The largest absolute Gasteiger partial charge is 0.401 e. The van der Waals surface area contributed by atoms with Crippen LogP contribution >= 0.6 is 0 Å². The molecule has 0 fully saturated rings.